The van der Waals surface area contributed by atoms with E-state index < -0.39 is 57.5 Å². The van der Waals surface area contributed by atoms with Crippen molar-refractivity contribution in [1.29, 1.82) is 0 Å². The highest BCUT2D eigenvalue weighted by Gasteiger charge is 2.64. The van der Waals surface area contributed by atoms with E-state index in [0.717, 1.165) is 0 Å². The maximum Gasteiger partial charge on any atom is 0.327 e. The molecule has 4 aliphatic rings. The van der Waals surface area contributed by atoms with Gasteiger partial charge < -0.3 is 53.2 Å². The Kier molecular flexibility index (Phi) is 11.0. The SMILES string of the molecule is CC1(C)S[C@@H]2[C@H](N)C(=O)N2[C@H]1C(=O)O.CC1(C)S[C@@H]2[C@H](NC(=O)[C@H](N)c3ccccc3)C(=O)N2[C@H]1C(=O)O.O.O.O. The van der Waals surface area contributed by atoms with Gasteiger partial charge in [0.15, 0.2) is 0 Å². The van der Waals surface area contributed by atoms with Gasteiger partial charge in [-0.1, -0.05) is 30.3 Å². The molecule has 17 heteroatoms. The fourth-order valence-corrected chi connectivity index (χ4v) is 8.44. The number of β-lactam (4-membered cyclic amide) rings is 2. The molecule has 0 aromatic heterocycles. The molecule has 0 radical (unpaired) electrons. The number of aliphatic carboxylic acids is 2. The van der Waals surface area contributed by atoms with Crippen molar-refractivity contribution in [2.75, 3.05) is 0 Å². The molecule has 0 saturated carbocycles. The Balaban J connectivity index is 0.000000427. The summed E-state index contributed by atoms with van der Waals surface area (Å²) in [5.41, 5.74) is 12.2. The van der Waals surface area contributed by atoms with Crippen LogP contribution in [0, 0.1) is 0 Å². The molecule has 0 unspecified atom stereocenters. The second-order valence-electron chi connectivity index (χ2n) is 10.6. The number of carbonyl (C=O) groups is 5. The van der Waals surface area contributed by atoms with Gasteiger partial charge in [0.05, 0.1) is 0 Å². The lowest BCUT2D eigenvalue weighted by Gasteiger charge is -2.43. The van der Waals surface area contributed by atoms with E-state index in [1.165, 1.54) is 33.3 Å². The molecule has 5 rings (SSSR count). The zero-order valence-electron chi connectivity index (χ0n) is 22.7. The third kappa shape index (κ3) is 6.01. The lowest BCUT2D eigenvalue weighted by molar-refractivity contribution is -0.161. The molecule has 1 aromatic carbocycles. The molecular weight excluding hydrogens is 582 g/mol. The fourth-order valence-electron chi connectivity index (χ4n) is 5.24. The Bertz CT molecular complexity index is 1190. The van der Waals surface area contributed by atoms with Crippen LogP contribution in [0.5, 0.6) is 0 Å². The number of hydrogen-bond acceptors (Lipinski definition) is 9. The van der Waals surface area contributed by atoms with E-state index in [4.69, 9.17) is 16.6 Å². The fraction of sp³-hybridized carbons (Fsp3) is 0.542. The predicted octanol–water partition coefficient (Wildman–Crippen LogP) is -2.70. The normalized spacial score (nSPS) is 30.2. The van der Waals surface area contributed by atoms with Crippen molar-refractivity contribution in [2.45, 2.75) is 78.1 Å². The summed E-state index contributed by atoms with van der Waals surface area (Å²) in [5, 5.41) is 20.5. The molecule has 15 nitrogen and oxygen atoms in total. The minimum Gasteiger partial charge on any atom is -0.480 e. The molecule has 7 atom stereocenters. The molecule has 0 spiro atoms. The van der Waals surface area contributed by atoms with Crippen molar-refractivity contribution >= 4 is 53.2 Å². The summed E-state index contributed by atoms with van der Waals surface area (Å²) in [5.74, 6) is -3.06. The van der Waals surface area contributed by atoms with Gasteiger partial charge in [0.2, 0.25) is 17.7 Å². The summed E-state index contributed by atoms with van der Waals surface area (Å²) >= 11 is 2.85. The van der Waals surface area contributed by atoms with Crippen LogP contribution in [0.1, 0.15) is 39.3 Å². The lowest BCUT2D eigenvalue weighted by atomic mass is 9.95. The zero-order chi connectivity index (χ0) is 28.3. The molecule has 4 fully saturated rings. The smallest absolute Gasteiger partial charge is 0.327 e. The average Bonchev–Trinajstić information content (AvgIpc) is 3.27. The van der Waals surface area contributed by atoms with Crippen molar-refractivity contribution in [2.24, 2.45) is 11.5 Å². The summed E-state index contributed by atoms with van der Waals surface area (Å²) in [6, 6.07) is 5.11. The molecule has 4 heterocycles. The van der Waals surface area contributed by atoms with Crippen LogP contribution in [0.4, 0.5) is 0 Å². The summed E-state index contributed by atoms with van der Waals surface area (Å²) in [7, 11) is 0. The molecule has 3 amide bonds. The van der Waals surface area contributed by atoms with Gasteiger partial charge in [-0.2, -0.15) is 0 Å². The van der Waals surface area contributed by atoms with Crippen molar-refractivity contribution in [3.05, 3.63) is 35.9 Å². The third-order valence-corrected chi connectivity index (χ3v) is 10.3. The number of thioether (sulfide) groups is 2. The summed E-state index contributed by atoms with van der Waals surface area (Å²) in [6.45, 7) is 7.23. The highest BCUT2D eigenvalue weighted by molar-refractivity contribution is 8.02. The van der Waals surface area contributed by atoms with Crippen molar-refractivity contribution in [3.8, 4) is 0 Å². The van der Waals surface area contributed by atoms with Crippen LogP contribution in [0.2, 0.25) is 0 Å². The number of carboxylic acids is 2. The molecule has 0 aliphatic carbocycles. The molecule has 13 N–H and O–H groups in total. The molecular formula is C24H37N5O10S2. The molecule has 4 saturated heterocycles. The number of amides is 3. The number of hydrogen-bond donors (Lipinski definition) is 5. The lowest BCUT2D eigenvalue weighted by Crippen LogP contribution is -2.71. The summed E-state index contributed by atoms with van der Waals surface area (Å²) in [6.07, 6.45) is 0. The minimum absolute atomic E-state index is 0. The van der Waals surface area contributed by atoms with Gasteiger partial charge in [-0.05, 0) is 33.3 Å². The number of fused-ring (bicyclic) bond motifs is 2. The van der Waals surface area contributed by atoms with Crippen LogP contribution >= 0.6 is 23.5 Å². The second-order valence-corrected chi connectivity index (χ2v) is 14.1. The highest BCUT2D eigenvalue weighted by atomic mass is 32.2. The van der Waals surface area contributed by atoms with E-state index >= 15 is 0 Å². The number of benzene rings is 1. The number of rotatable bonds is 5. The third-order valence-electron chi connectivity index (χ3n) is 7.13. The largest absolute Gasteiger partial charge is 0.480 e. The monoisotopic (exact) mass is 619 g/mol. The van der Waals surface area contributed by atoms with Crippen LogP contribution in [0.3, 0.4) is 0 Å². The second kappa shape index (κ2) is 12.5. The van der Waals surface area contributed by atoms with Crippen molar-refractivity contribution < 1.29 is 50.6 Å². The maximum atomic E-state index is 12.3. The van der Waals surface area contributed by atoms with Gasteiger partial charge in [0, 0.05) is 9.49 Å². The molecule has 4 aliphatic heterocycles. The Labute approximate surface area is 244 Å². The molecule has 0 bridgehead atoms. The van der Waals surface area contributed by atoms with E-state index in [-0.39, 0.29) is 39.0 Å². The quantitative estimate of drug-likeness (QED) is 0.211. The number of carboxylic acid groups (broad SMARTS) is 2. The van der Waals surface area contributed by atoms with Crippen LogP contribution in [0.15, 0.2) is 30.3 Å². The summed E-state index contributed by atoms with van der Waals surface area (Å²) < 4.78 is -1.08. The molecule has 1 aromatic rings. The number of nitrogens with two attached hydrogens (primary N) is 2. The van der Waals surface area contributed by atoms with Crippen LogP contribution < -0.4 is 16.8 Å². The van der Waals surface area contributed by atoms with Crippen molar-refractivity contribution in [3.63, 3.8) is 0 Å². The number of nitrogens with one attached hydrogen (secondary N) is 1. The first-order chi connectivity index (χ1) is 17.6. The van der Waals surface area contributed by atoms with Crippen LogP contribution in [-0.4, -0.2) is 111 Å². The van der Waals surface area contributed by atoms with Crippen LogP contribution in [-0.2, 0) is 24.0 Å². The molecule has 41 heavy (non-hydrogen) atoms. The Hall–Kier alpha value is -2.93. The van der Waals surface area contributed by atoms with Gasteiger partial charge in [-0.15, -0.1) is 23.5 Å². The van der Waals surface area contributed by atoms with Gasteiger partial charge in [-0.25, -0.2) is 9.59 Å². The van der Waals surface area contributed by atoms with E-state index in [2.05, 4.69) is 5.32 Å². The van der Waals surface area contributed by atoms with Gasteiger partial charge in [0.25, 0.3) is 0 Å². The first-order valence-electron chi connectivity index (χ1n) is 11.9. The van der Waals surface area contributed by atoms with Gasteiger partial charge >= 0.3 is 11.9 Å². The first kappa shape index (κ1) is 36.1. The topological polar surface area (TPSA) is 291 Å². The van der Waals surface area contributed by atoms with Gasteiger partial charge in [-0.3, -0.25) is 14.4 Å². The summed E-state index contributed by atoms with van der Waals surface area (Å²) in [4.78, 5) is 61.2. The van der Waals surface area contributed by atoms with Crippen LogP contribution in [0.25, 0.3) is 0 Å². The Morgan fingerprint density at radius 1 is 0.854 bits per heavy atom. The van der Waals surface area contributed by atoms with E-state index in [1.54, 1.807) is 38.1 Å². The van der Waals surface area contributed by atoms with Gasteiger partial charge in [0.1, 0.15) is 41.0 Å². The highest BCUT2D eigenvalue weighted by Crippen LogP contribution is 2.51. The Morgan fingerprint density at radius 2 is 1.29 bits per heavy atom. The zero-order valence-corrected chi connectivity index (χ0v) is 24.4. The predicted molar refractivity (Wildman–Crippen MR) is 152 cm³/mol. The maximum absolute atomic E-state index is 12.3. The first-order valence-corrected chi connectivity index (χ1v) is 13.7. The number of carbonyl (C=O) groups excluding carboxylic acids is 3. The van der Waals surface area contributed by atoms with E-state index in [0.29, 0.717) is 5.56 Å². The van der Waals surface area contributed by atoms with E-state index in [9.17, 15) is 29.1 Å². The average molecular weight is 620 g/mol. The Morgan fingerprint density at radius 3 is 1.76 bits per heavy atom. The molecule has 230 valence electrons. The minimum atomic E-state index is -1.03. The van der Waals surface area contributed by atoms with E-state index in [1.807, 2.05) is 19.9 Å². The van der Waals surface area contributed by atoms with Crippen molar-refractivity contribution in [1.82, 2.24) is 15.1 Å². The standard InChI is InChI=1S/C16H19N3O4S.C8H12N2O3S.3H2O/c1-16(2)11(15(22)23)19-13(21)10(14(19)24-16)18-12(20)9(17)8-6-4-3-5-7-8;1-8(2)4(7(12)13)10-5(11)3(9)6(10)14-8;;;/h3-7,9-11,14H,17H2,1-2H3,(H,18,20)(H,22,23);3-4,6H,9H2,1-2H3,(H,12,13);3*1H2/t9-,10-,11+,14-;3-,4+,6-;;;/m11.../s1. The number of nitrogens with zero attached hydrogens (tertiary/aromatic N) is 2.